The van der Waals surface area contributed by atoms with Gasteiger partial charge in [0.15, 0.2) is 0 Å². The Hall–Kier alpha value is -1.07. The van der Waals surface area contributed by atoms with Crippen molar-refractivity contribution in [3.05, 3.63) is 24.3 Å². The van der Waals surface area contributed by atoms with Crippen LogP contribution in [-0.2, 0) is 10.0 Å². The van der Waals surface area contributed by atoms with E-state index in [0.717, 1.165) is 0 Å². The molecule has 0 spiro atoms. The molecule has 1 rings (SSSR count). The van der Waals surface area contributed by atoms with Gasteiger partial charge in [0.25, 0.3) is 0 Å². The molecule has 0 heterocycles. The van der Waals surface area contributed by atoms with Gasteiger partial charge in [0, 0.05) is 13.1 Å². The minimum Gasteiger partial charge on any atom is -0.508 e. The van der Waals surface area contributed by atoms with Gasteiger partial charge in [-0.3, -0.25) is 0 Å². The molecule has 0 aliphatic carbocycles. The van der Waals surface area contributed by atoms with Crippen LogP contribution in [0.4, 0.5) is 0 Å². The van der Waals surface area contributed by atoms with Gasteiger partial charge < -0.3 is 5.11 Å². The molecule has 0 aliphatic heterocycles. The lowest BCUT2D eigenvalue weighted by molar-refractivity contribution is 0.444. The molecule has 4 nitrogen and oxygen atoms in total. The third kappa shape index (κ3) is 2.49. The van der Waals surface area contributed by atoms with E-state index in [2.05, 4.69) is 0 Å². The Kier molecular flexibility index (Phi) is 3.71. The number of benzene rings is 1. The number of nitrogens with zero attached hydrogens (tertiary/aromatic N) is 1. The first kappa shape index (κ1) is 12.0. The molecule has 0 atom stereocenters. The quantitative estimate of drug-likeness (QED) is 0.849. The van der Waals surface area contributed by atoms with Gasteiger partial charge in [0.1, 0.15) is 5.75 Å². The Balaban J connectivity index is 3.11. The molecule has 1 N–H and O–H groups in total. The van der Waals surface area contributed by atoms with E-state index in [0.29, 0.717) is 13.1 Å². The van der Waals surface area contributed by atoms with Crippen LogP contribution in [0.5, 0.6) is 5.75 Å². The minimum absolute atomic E-state index is 0.0634. The van der Waals surface area contributed by atoms with Crippen molar-refractivity contribution in [2.75, 3.05) is 13.1 Å². The maximum atomic E-state index is 12.0. The molecule has 1 aromatic carbocycles. The first-order valence-corrected chi connectivity index (χ1v) is 6.25. The highest BCUT2D eigenvalue weighted by molar-refractivity contribution is 7.89. The van der Waals surface area contributed by atoms with Gasteiger partial charge in [-0.1, -0.05) is 13.8 Å². The van der Waals surface area contributed by atoms with Gasteiger partial charge in [-0.2, -0.15) is 4.31 Å². The summed E-state index contributed by atoms with van der Waals surface area (Å²) >= 11 is 0. The van der Waals surface area contributed by atoms with Crippen LogP contribution in [0, 0.1) is 0 Å². The van der Waals surface area contributed by atoms with Crippen molar-refractivity contribution in [2.45, 2.75) is 18.7 Å². The van der Waals surface area contributed by atoms with E-state index >= 15 is 0 Å². The summed E-state index contributed by atoms with van der Waals surface area (Å²) in [4.78, 5) is 0.212. The van der Waals surface area contributed by atoms with Crippen molar-refractivity contribution in [1.29, 1.82) is 0 Å². The summed E-state index contributed by atoms with van der Waals surface area (Å²) in [7, 11) is -3.40. The fourth-order valence-corrected chi connectivity index (χ4v) is 2.79. The second-order valence-corrected chi connectivity index (χ2v) is 5.02. The summed E-state index contributed by atoms with van der Waals surface area (Å²) in [5.41, 5.74) is 0. The van der Waals surface area contributed by atoms with Gasteiger partial charge >= 0.3 is 0 Å². The highest BCUT2D eigenvalue weighted by Crippen LogP contribution is 2.18. The van der Waals surface area contributed by atoms with Crippen LogP contribution < -0.4 is 0 Å². The number of hydrogen-bond donors (Lipinski definition) is 1. The Morgan fingerprint density at radius 1 is 1.13 bits per heavy atom. The number of hydrogen-bond acceptors (Lipinski definition) is 3. The Labute approximate surface area is 90.2 Å². The fourth-order valence-electron chi connectivity index (χ4n) is 1.33. The molecule has 0 saturated heterocycles. The van der Waals surface area contributed by atoms with Crippen LogP contribution in [0.2, 0.25) is 0 Å². The van der Waals surface area contributed by atoms with E-state index in [-0.39, 0.29) is 10.6 Å². The van der Waals surface area contributed by atoms with E-state index < -0.39 is 10.0 Å². The molecule has 0 unspecified atom stereocenters. The molecule has 0 saturated carbocycles. The first-order valence-electron chi connectivity index (χ1n) is 4.81. The molecule has 0 radical (unpaired) electrons. The van der Waals surface area contributed by atoms with Gasteiger partial charge in [0.05, 0.1) is 4.90 Å². The minimum atomic E-state index is -3.40. The molecule has 0 bridgehead atoms. The van der Waals surface area contributed by atoms with Crippen LogP contribution in [0.25, 0.3) is 0 Å². The third-order valence-corrected chi connectivity index (χ3v) is 4.24. The number of aromatic hydroxyl groups is 1. The Morgan fingerprint density at radius 2 is 1.60 bits per heavy atom. The van der Waals surface area contributed by atoms with E-state index in [1.807, 2.05) is 0 Å². The first-order chi connectivity index (χ1) is 7.02. The average molecular weight is 229 g/mol. The summed E-state index contributed by atoms with van der Waals surface area (Å²) < 4.78 is 25.3. The molecule has 0 aliphatic rings. The lowest BCUT2D eigenvalue weighted by Gasteiger charge is -2.18. The smallest absolute Gasteiger partial charge is 0.243 e. The summed E-state index contributed by atoms with van der Waals surface area (Å²) in [6.07, 6.45) is 0. The molecule has 0 aromatic heterocycles. The van der Waals surface area contributed by atoms with Crippen molar-refractivity contribution in [3.8, 4) is 5.75 Å². The molecular formula is C10H15NO3S. The number of rotatable bonds is 4. The van der Waals surface area contributed by atoms with Crippen molar-refractivity contribution in [1.82, 2.24) is 4.31 Å². The van der Waals surface area contributed by atoms with Gasteiger partial charge in [-0.25, -0.2) is 8.42 Å². The van der Waals surface area contributed by atoms with Crippen LogP contribution in [-0.4, -0.2) is 30.9 Å². The topological polar surface area (TPSA) is 57.6 Å². The maximum absolute atomic E-state index is 12.0. The lowest BCUT2D eigenvalue weighted by Crippen LogP contribution is -2.30. The standard InChI is InChI=1S/C10H15NO3S/c1-3-11(4-2)15(13,14)10-7-5-9(12)6-8-10/h5-8,12H,3-4H2,1-2H3. The van der Waals surface area contributed by atoms with Crippen molar-refractivity contribution >= 4 is 10.0 Å². The van der Waals surface area contributed by atoms with Crippen LogP contribution in [0.3, 0.4) is 0 Å². The highest BCUT2D eigenvalue weighted by Gasteiger charge is 2.20. The zero-order valence-electron chi connectivity index (χ0n) is 8.84. The number of sulfonamides is 1. The Bertz CT molecular complexity index is 407. The van der Waals surface area contributed by atoms with Gasteiger partial charge in [0.2, 0.25) is 10.0 Å². The zero-order valence-corrected chi connectivity index (χ0v) is 9.66. The summed E-state index contributed by atoms with van der Waals surface area (Å²) in [5.74, 6) is 0.0634. The maximum Gasteiger partial charge on any atom is 0.243 e. The molecule has 84 valence electrons. The largest absolute Gasteiger partial charge is 0.508 e. The fraction of sp³-hybridized carbons (Fsp3) is 0.400. The average Bonchev–Trinajstić information content (AvgIpc) is 2.19. The summed E-state index contributed by atoms with van der Waals surface area (Å²) in [5, 5.41) is 9.07. The zero-order chi connectivity index (χ0) is 11.5. The van der Waals surface area contributed by atoms with Gasteiger partial charge in [-0.15, -0.1) is 0 Å². The van der Waals surface area contributed by atoms with E-state index in [1.165, 1.54) is 28.6 Å². The molecule has 0 fully saturated rings. The third-order valence-electron chi connectivity index (χ3n) is 2.18. The second-order valence-electron chi connectivity index (χ2n) is 3.08. The normalized spacial score (nSPS) is 11.9. The van der Waals surface area contributed by atoms with Crippen LogP contribution >= 0.6 is 0 Å². The molecule has 5 heteroatoms. The van der Waals surface area contributed by atoms with Crippen LogP contribution in [0.1, 0.15) is 13.8 Å². The van der Waals surface area contributed by atoms with Gasteiger partial charge in [-0.05, 0) is 24.3 Å². The summed E-state index contributed by atoms with van der Waals surface area (Å²) in [6.45, 7) is 4.47. The second kappa shape index (κ2) is 4.63. The summed E-state index contributed by atoms with van der Waals surface area (Å²) in [6, 6.07) is 5.55. The van der Waals surface area contributed by atoms with E-state index in [1.54, 1.807) is 13.8 Å². The van der Waals surface area contributed by atoms with E-state index in [4.69, 9.17) is 5.11 Å². The number of phenols is 1. The van der Waals surface area contributed by atoms with Crippen molar-refractivity contribution < 1.29 is 13.5 Å². The Morgan fingerprint density at radius 3 is 2.00 bits per heavy atom. The van der Waals surface area contributed by atoms with Crippen LogP contribution in [0.15, 0.2) is 29.2 Å². The molecule has 1 aromatic rings. The molecule has 15 heavy (non-hydrogen) atoms. The highest BCUT2D eigenvalue weighted by atomic mass is 32.2. The molecule has 0 amide bonds. The number of phenolic OH excluding ortho intramolecular Hbond substituents is 1. The predicted molar refractivity (Wildman–Crippen MR) is 58.2 cm³/mol. The van der Waals surface area contributed by atoms with Crippen molar-refractivity contribution in [2.24, 2.45) is 0 Å². The lowest BCUT2D eigenvalue weighted by atomic mass is 10.3. The SMILES string of the molecule is CCN(CC)S(=O)(=O)c1ccc(O)cc1. The van der Waals surface area contributed by atoms with E-state index in [9.17, 15) is 8.42 Å². The van der Waals surface area contributed by atoms with Crippen molar-refractivity contribution in [3.63, 3.8) is 0 Å². The monoisotopic (exact) mass is 229 g/mol. The molecular weight excluding hydrogens is 214 g/mol. The predicted octanol–water partition coefficient (Wildman–Crippen LogP) is 1.42.